The van der Waals surface area contributed by atoms with Gasteiger partial charge in [-0.3, -0.25) is 4.31 Å². The Bertz CT molecular complexity index is 1100. The SMILES string of the molecule is Cc1ccc(S(=O)(=O)N(C)c2ccc(OC(=O)c3ccccn3)cc2)cc1C. The van der Waals surface area contributed by atoms with Crippen LogP contribution in [0.5, 0.6) is 5.75 Å². The zero-order valence-corrected chi connectivity index (χ0v) is 16.6. The van der Waals surface area contributed by atoms with Crippen molar-refractivity contribution in [3.8, 4) is 5.75 Å². The highest BCUT2D eigenvalue weighted by Crippen LogP contribution is 2.25. The van der Waals surface area contributed by atoms with Crippen LogP contribution in [0.15, 0.2) is 71.8 Å². The molecule has 0 saturated heterocycles. The molecule has 0 aliphatic carbocycles. The van der Waals surface area contributed by atoms with E-state index in [9.17, 15) is 13.2 Å². The lowest BCUT2D eigenvalue weighted by Crippen LogP contribution is -2.26. The van der Waals surface area contributed by atoms with Crippen molar-refractivity contribution in [3.05, 3.63) is 83.7 Å². The van der Waals surface area contributed by atoms with Gasteiger partial charge in [0.25, 0.3) is 10.0 Å². The molecule has 0 atom stereocenters. The minimum Gasteiger partial charge on any atom is -0.422 e. The zero-order valence-electron chi connectivity index (χ0n) is 15.8. The lowest BCUT2D eigenvalue weighted by atomic mass is 10.1. The first kappa shape index (κ1) is 19.6. The third kappa shape index (κ3) is 4.04. The highest BCUT2D eigenvalue weighted by atomic mass is 32.2. The van der Waals surface area contributed by atoms with Crippen LogP contribution >= 0.6 is 0 Å². The number of carbonyl (C=O) groups excluding carboxylic acids is 1. The number of nitrogens with zero attached hydrogens (tertiary/aromatic N) is 2. The quantitative estimate of drug-likeness (QED) is 0.485. The van der Waals surface area contributed by atoms with E-state index in [1.807, 2.05) is 13.8 Å². The van der Waals surface area contributed by atoms with Gasteiger partial charge in [0.15, 0.2) is 0 Å². The van der Waals surface area contributed by atoms with Crippen LogP contribution in [0.1, 0.15) is 21.6 Å². The first-order valence-corrected chi connectivity index (χ1v) is 10.0. The summed E-state index contributed by atoms with van der Waals surface area (Å²) in [5, 5.41) is 0. The highest BCUT2D eigenvalue weighted by molar-refractivity contribution is 7.92. The maximum Gasteiger partial charge on any atom is 0.362 e. The molecule has 6 nitrogen and oxygen atoms in total. The number of esters is 1. The van der Waals surface area contributed by atoms with Crippen LogP contribution in [-0.4, -0.2) is 26.4 Å². The third-order valence-corrected chi connectivity index (χ3v) is 6.20. The van der Waals surface area contributed by atoms with E-state index in [0.717, 1.165) is 11.1 Å². The number of hydrogen-bond donors (Lipinski definition) is 0. The summed E-state index contributed by atoms with van der Waals surface area (Å²) in [6.45, 7) is 3.81. The van der Waals surface area contributed by atoms with E-state index < -0.39 is 16.0 Å². The molecule has 0 aliphatic heterocycles. The standard InChI is InChI=1S/C21H20N2O4S/c1-15-7-12-19(14-16(15)2)28(25,26)23(3)17-8-10-18(11-9-17)27-21(24)20-6-4-5-13-22-20/h4-14H,1-3H3. The van der Waals surface area contributed by atoms with E-state index >= 15 is 0 Å². The lowest BCUT2D eigenvalue weighted by molar-refractivity contribution is 0.0728. The van der Waals surface area contributed by atoms with Crippen LogP contribution in [0.4, 0.5) is 5.69 Å². The van der Waals surface area contributed by atoms with Crippen LogP contribution in [0.3, 0.4) is 0 Å². The van der Waals surface area contributed by atoms with Crippen LogP contribution in [0.25, 0.3) is 0 Å². The van der Waals surface area contributed by atoms with Gasteiger partial charge in [-0.2, -0.15) is 0 Å². The van der Waals surface area contributed by atoms with E-state index in [4.69, 9.17) is 4.74 Å². The minimum atomic E-state index is -3.69. The summed E-state index contributed by atoms with van der Waals surface area (Å²) in [7, 11) is -2.21. The maximum absolute atomic E-state index is 12.9. The zero-order chi connectivity index (χ0) is 20.3. The van der Waals surface area contributed by atoms with Crippen molar-refractivity contribution in [2.45, 2.75) is 18.7 Å². The number of hydrogen-bond acceptors (Lipinski definition) is 5. The predicted molar refractivity (Wildman–Crippen MR) is 107 cm³/mol. The number of benzene rings is 2. The third-order valence-electron chi connectivity index (χ3n) is 4.42. The molecule has 0 fully saturated rings. The Morgan fingerprint density at radius 3 is 2.29 bits per heavy atom. The molecule has 3 aromatic rings. The van der Waals surface area contributed by atoms with Crippen molar-refractivity contribution in [3.63, 3.8) is 0 Å². The van der Waals surface area contributed by atoms with Gasteiger partial charge < -0.3 is 4.74 Å². The number of rotatable bonds is 5. The summed E-state index contributed by atoms with van der Waals surface area (Å²) >= 11 is 0. The number of carbonyl (C=O) groups is 1. The van der Waals surface area contributed by atoms with E-state index in [0.29, 0.717) is 11.4 Å². The topological polar surface area (TPSA) is 76.6 Å². The molecule has 0 bridgehead atoms. The summed E-state index contributed by atoms with van der Waals surface area (Å²) in [4.78, 5) is 16.2. The van der Waals surface area contributed by atoms with Crippen molar-refractivity contribution in [2.24, 2.45) is 0 Å². The van der Waals surface area contributed by atoms with Crippen molar-refractivity contribution < 1.29 is 17.9 Å². The molecule has 7 heteroatoms. The van der Waals surface area contributed by atoms with Gasteiger partial charge in [0, 0.05) is 13.2 Å². The monoisotopic (exact) mass is 396 g/mol. The second kappa shape index (κ2) is 7.82. The van der Waals surface area contributed by atoms with Crippen molar-refractivity contribution in [2.75, 3.05) is 11.4 Å². The molecule has 0 unspecified atom stereocenters. The second-order valence-corrected chi connectivity index (χ2v) is 8.29. The van der Waals surface area contributed by atoms with Crippen molar-refractivity contribution in [1.29, 1.82) is 0 Å². The first-order valence-electron chi connectivity index (χ1n) is 8.58. The van der Waals surface area contributed by atoms with Gasteiger partial charge >= 0.3 is 5.97 Å². The molecule has 1 aromatic heterocycles. The van der Waals surface area contributed by atoms with Crippen LogP contribution in [0.2, 0.25) is 0 Å². The van der Waals surface area contributed by atoms with Gasteiger partial charge in [0.05, 0.1) is 10.6 Å². The number of aryl methyl sites for hydroxylation is 2. The number of anilines is 1. The Balaban J connectivity index is 1.78. The Morgan fingerprint density at radius 2 is 1.68 bits per heavy atom. The smallest absolute Gasteiger partial charge is 0.362 e. The Morgan fingerprint density at radius 1 is 0.964 bits per heavy atom. The molecule has 1 heterocycles. The number of sulfonamides is 1. The minimum absolute atomic E-state index is 0.195. The van der Waals surface area contributed by atoms with Crippen molar-refractivity contribution >= 4 is 21.7 Å². The average molecular weight is 396 g/mol. The molecule has 0 saturated carbocycles. The molecule has 2 aromatic carbocycles. The van der Waals surface area contributed by atoms with E-state index in [-0.39, 0.29) is 10.6 Å². The van der Waals surface area contributed by atoms with Crippen molar-refractivity contribution in [1.82, 2.24) is 4.98 Å². The predicted octanol–water partition coefficient (Wildman–Crippen LogP) is 3.74. The van der Waals surface area contributed by atoms with Gasteiger partial charge in [-0.05, 0) is 73.5 Å². The van der Waals surface area contributed by atoms with Crippen LogP contribution in [0, 0.1) is 13.8 Å². The molecule has 0 N–H and O–H groups in total. The molecule has 144 valence electrons. The second-order valence-electron chi connectivity index (χ2n) is 6.32. The van der Waals surface area contributed by atoms with Gasteiger partial charge in [-0.25, -0.2) is 18.2 Å². The molecule has 28 heavy (non-hydrogen) atoms. The summed E-state index contributed by atoms with van der Waals surface area (Å²) in [6, 6.07) is 16.2. The summed E-state index contributed by atoms with van der Waals surface area (Å²) in [5.74, 6) is -0.277. The number of pyridine rings is 1. The van der Waals surface area contributed by atoms with E-state index in [2.05, 4.69) is 4.98 Å². The fraction of sp³-hybridized carbons (Fsp3) is 0.143. The Labute approximate surface area is 164 Å². The summed E-state index contributed by atoms with van der Waals surface area (Å²) in [6.07, 6.45) is 1.51. The molecular formula is C21H20N2O4S. The highest BCUT2D eigenvalue weighted by Gasteiger charge is 2.22. The summed E-state index contributed by atoms with van der Waals surface area (Å²) < 4.78 is 32.2. The number of aromatic nitrogens is 1. The molecule has 0 spiro atoms. The fourth-order valence-electron chi connectivity index (χ4n) is 2.54. The lowest BCUT2D eigenvalue weighted by Gasteiger charge is -2.20. The van der Waals surface area contributed by atoms with E-state index in [1.54, 1.807) is 60.7 Å². The number of ether oxygens (including phenoxy) is 1. The largest absolute Gasteiger partial charge is 0.422 e. The molecule has 0 aliphatic rings. The molecule has 0 amide bonds. The Kier molecular flexibility index (Phi) is 5.46. The Hall–Kier alpha value is -3.19. The van der Waals surface area contributed by atoms with Crippen LogP contribution < -0.4 is 9.04 Å². The van der Waals surface area contributed by atoms with Gasteiger partial charge in [0.1, 0.15) is 11.4 Å². The molecule has 0 radical (unpaired) electrons. The first-order chi connectivity index (χ1) is 13.3. The van der Waals surface area contributed by atoms with Crippen LogP contribution in [-0.2, 0) is 10.0 Å². The van der Waals surface area contributed by atoms with E-state index in [1.165, 1.54) is 17.5 Å². The molecule has 3 rings (SSSR count). The van der Waals surface area contributed by atoms with Gasteiger partial charge in [0.2, 0.25) is 0 Å². The molecular weight excluding hydrogens is 376 g/mol. The van der Waals surface area contributed by atoms with Gasteiger partial charge in [-0.15, -0.1) is 0 Å². The van der Waals surface area contributed by atoms with Gasteiger partial charge in [-0.1, -0.05) is 12.1 Å². The summed E-state index contributed by atoms with van der Waals surface area (Å²) in [5.41, 5.74) is 2.59. The average Bonchev–Trinajstić information content (AvgIpc) is 2.70. The normalized spacial score (nSPS) is 11.1. The maximum atomic E-state index is 12.9. The fourth-order valence-corrected chi connectivity index (χ4v) is 3.82.